The zero-order valence-corrected chi connectivity index (χ0v) is 17.0. The van der Waals surface area contributed by atoms with E-state index in [1.807, 2.05) is 33.0 Å². The third kappa shape index (κ3) is 3.40. The van der Waals surface area contributed by atoms with Crippen LogP contribution in [0.3, 0.4) is 0 Å². The smallest absolute Gasteiger partial charge is 0.243 e. The molecular formula is C19H29N3O3S. The number of benzene rings is 1. The van der Waals surface area contributed by atoms with Crippen molar-refractivity contribution < 1.29 is 13.2 Å². The molecule has 26 heavy (non-hydrogen) atoms. The van der Waals surface area contributed by atoms with Gasteiger partial charge < -0.3 is 4.90 Å². The standard InChI is InChI=1S/C19H29N3O3S/c1-15-5-6-16(2)17(13-15)26(24,25)22-12-11-21(4)19(14-22)8-7-18(23)20(3)10-9-19/h5-6,13H,7-12,14H2,1-4H3/t19-/m0/s1. The Morgan fingerprint density at radius 2 is 1.77 bits per heavy atom. The SMILES string of the molecule is Cc1ccc(C)c(S(=O)(=O)N2CCN(C)[C@]3(CCC(=O)N(C)CC3)C2)c1. The Morgan fingerprint density at radius 3 is 2.50 bits per heavy atom. The molecule has 2 fully saturated rings. The third-order valence-electron chi connectivity index (χ3n) is 6.07. The molecule has 2 heterocycles. The molecule has 0 unspecified atom stereocenters. The highest BCUT2D eigenvalue weighted by molar-refractivity contribution is 7.89. The second kappa shape index (κ2) is 6.94. The number of sulfonamides is 1. The van der Waals surface area contributed by atoms with Crippen LogP contribution in [0.1, 0.15) is 30.4 Å². The van der Waals surface area contributed by atoms with Gasteiger partial charge in [-0.15, -0.1) is 0 Å². The van der Waals surface area contributed by atoms with Gasteiger partial charge in [0.1, 0.15) is 0 Å². The maximum absolute atomic E-state index is 13.3. The van der Waals surface area contributed by atoms with Crippen molar-refractivity contribution >= 4 is 15.9 Å². The van der Waals surface area contributed by atoms with Gasteiger partial charge in [0, 0.05) is 45.2 Å². The Morgan fingerprint density at radius 1 is 1.04 bits per heavy atom. The summed E-state index contributed by atoms with van der Waals surface area (Å²) in [6, 6.07) is 5.57. The van der Waals surface area contributed by atoms with Crippen LogP contribution in [-0.4, -0.2) is 74.2 Å². The molecule has 0 saturated carbocycles. The number of likely N-dealkylation sites (tertiary alicyclic amines) is 1. The maximum Gasteiger partial charge on any atom is 0.243 e. The third-order valence-corrected chi connectivity index (χ3v) is 8.06. The van der Waals surface area contributed by atoms with E-state index in [2.05, 4.69) is 11.9 Å². The van der Waals surface area contributed by atoms with E-state index in [0.29, 0.717) is 43.9 Å². The summed E-state index contributed by atoms with van der Waals surface area (Å²) >= 11 is 0. The molecule has 1 atom stereocenters. The van der Waals surface area contributed by atoms with E-state index < -0.39 is 10.0 Å². The fourth-order valence-electron chi connectivity index (χ4n) is 4.05. The summed E-state index contributed by atoms with van der Waals surface area (Å²) in [6.07, 6.45) is 1.97. The van der Waals surface area contributed by atoms with Crippen molar-refractivity contribution in [1.29, 1.82) is 0 Å². The summed E-state index contributed by atoms with van der Waals surface area (Å²) in [5.41, 5.74) is 1.45. The van der Waals surface area contributed by atoms with Crippen LogP contribution in [-0.2, 0) is 14.8 Å². The summed E-state index contributed by atoms with van der Waals surface area (Å²) in [5, 5.41) is 0. The molecule has 3 rings (SSSR count). The van der Waals surface area contributed by atoms with Gasteiger partial charge in [0.15, 0.2) is 0 Å². The quantitative estimate of drug-likeness (QED) is 0.783. The number of aryl methyl sites for hydroxylation is 2. The van der Waals surface area contributed by atoms with Crippen LogP contribution < -0.4 is 0 Å². The number of carbonyl (C=O) groups is 1. The Balaban J connectivity index is 1.92. The number of rotatable bonds is 2. The predicted molar refractivity (Wildman–Crippen MR) is 102 cm³/mol. The minimum Gasteiger partial charge on any atom is -0.346 e. The fraction of sp³-hybridized carbons (Fsp3) is 0.632. The Labute approximate surface area is 156 Å². The van der Waals surface area contributed by atoms with Crippen molar-refractivity contribution in [1.82, 2.24) is 14.1 Å². The molecule has 6 nitrogen and oxygen atoms in total. The minimum atomic E-state index is -3.54. The molecule has 1 aromatic carbocycles. The molecule has 0 radical (unpaired) electrons. The maximum atomic E-state index is 13.3. The van der Waals surface area contributed by atoms with Gasteiger partial charge in [-0.2, -0.15) is 4.31 Å². The van der Waals surface area contributed by atoms with Gasteiger partial charge in [0.2, 0.25) is 15.9 Å². The van der Waals surface area contributed by atoms with E-state index in [0.717, 1.165) is 17.5 Å². The average Bonchev–Trinajstić information content (AvgIpc) is 2.74. The molecule has 1 amide bonds. The lowest BCUT2D eigenvalue weighted by atomic mass is 9.87. The van der Waals surface area contributed by atoms with Gasteiger partial charge in [-0.25, -0.2) is 8.42 Å². The minimum absolute atomic E-state index is 0.143. The second-order valence-corrected chi connectivity index (χ2v) is 9.73. The molecule has 0 aromatic heterocycles. The first-order chi connectivity index (χ1) is 12.2. The molecule has 0 bridgehead atoms. The second-order valence-electron chi connectivity index (χ2n) is 7.82. The summed E-state index contributed by atoms with van der Waals surface area (Å²) in [5.74, 6) is 0.143. The van der Waals surface area contributed by atoms with Crippen LogP contribution in [0.4, 0.5) is 0 Å². The first kappa shape index (κ1) is 19.3. The number of amides is 1. The molecule has 0 aliphatic carbocycles. The Hall–Kier alpha value is -1.44. The van der Waals surface area contributed by atoms with Crippen molar-refractivity contribution in [3.05, 3.63) is 29.3 Å². The van der Waals surface area contributed by atoms with Crippen LogP contribution in [0.2, 0.25) is 0 Å². The molecule has 1 spiro atoms. The monoisotopic (exact) mass is 379 g/mol. The fourth-order valence-corrected chi connectivity index (χ4v) is 5.87. The lowest BCUT2D eigenvalue weighted by molar-refractivity contribution is -0.129. The zero-order chi connectivity index (χ0) is 19.1. The highest BCUT2D eigenvalue weighted by Crippen LogP contribution is 2.34. The molecule has 2 aliphatic rings. The van der Waals surface area contributed by atoms with E-state index in [1.54, 1.807) is 15.3 Å². The number of likely N-dealkylation sites (N-methyl/N-ethyl adjacent to an activating group) is 1. The van der Waals surface area contributed by atoms with E-state index in [9.17, 15) is 13.2 Å². The van der Waals surface area contributed by atoms with Crippen molar-refractivity contribution in [2.45, 2.75) is 43.5 Å². The molecule has 1 aromatic rings. The van der Waals surface area contributed by atoms with Crippen LogP contribution in [0.5, 0.6) is 0 Å². The molecule has 2 aliphatic heterocycles. The van der Waals surface area contributed by atoms with Crippen molar-refractivity contribution in [2.75, 3.05) is 40.3 Å². The molecule has 2 saturated heterocycles. The summed E-state index contributed by atoms with van der Waals surface area (Å²) in [6.45, 7) is 6.04. The zero-order valence-electron chi connectivity index (χ0n) is 16.2. The molecule has 144 valence electrons. The Bertz CT molecular complexity index is 808. The number of piperazine rings is 1. The van der Waals surface area contributed by atoms with E-state index in [4.69, 9.17) is 0 Å². The van der Waals surface area contributed by atoms with Gasteiger partial charge in [0.05, 0.1) is 4.90 Å². The average molecular weight is 380 g/mol. The number of nitrogens with zero attached hydrogens (tertiary/aromatic N) is 3. The topological polar surface area (TPSA) is 60.9 Å². The van der Waals surface area contributed by atoms with Gasteiger partial charge in [-0.3, -0.25) is 9.69 Å². The largest absolute Gasteiger partial charge is 0.346 e. The highest BCUT2D eigenvalue weighted by Gasteiger charge is 2.45. The van der Waals surface area contributed by atoms with Gasteiger partial charge in [-0.05, 0) is 50.9 Å². The number of carbonyl (C=O) groups excluding carboxylic acids is 1. The lowest BCUT2D eigenvalue weighted by Gasteiger charge is -2.48. The number of hydrogen-bond acceptors (Lipinski definition) is 4. The highest BCUT2D eigenvalue weighted by atomic mass is 32.2. The summed E-state index contributed by atoms with van der Waals surface area (Å²) in [7, 11) is 0.337. The van der Waals surface area contributed by atoms with E-state index >= 15 is 0 Å². The first-order valence-electron chi connectivity index (χ1n) is 9.18. The van der Waals surface area contributed by atoms with Crippen LogP contribution in [0, 0.1) is 13.8 Å². The van der Waals surface area contributed by atoms with E-state index in [-0.39, 0.29) is 11.4 Å². The van der Waals surface area contributed by atoms with Crippen LogP contribution in [0.15, 0.2) is 23.1 Å². The Kier molecular flexibility index (Phi) is 5.16. The predicted octanol–water partition coefficient (Wildman–Crippen LogP) is 1.62. The van der Waals surface area contributed by atoms with Gasteiger partial charge in [-0.1, -0.05) is 12.1 Å². The van der Waals surface area contributed by atoms with Crippen molar-refractivity contribution in [3.8, 4) is 0 Å². The summed E-state index contributed by atoms with van der Waals surface area (Å²) < 4.78 is 28.3. The van der Waals surface area contributed by atoms with Crippen LogP contribution >= 0.6 is 0 Å². The number of hydrogen-bond donors (Lipinski definition) is 0. The van der Waals surface area contributed by atoms with Crippen molar-refractivity contribution in [2.24, 2.45) is 0 Å². The first-order valence-corrected chi connectivity index (χ1v) is 10.6. The van der Waals surface area contributed by atoms with Gasteiger partial charge in [0.25, 0.3) is 0 Å². The van der Waals surface area contributed by atoms with E-state index in [1.165, 1.54) is 0 Å². The molecule has 7 heteroatoms. The normalized spacial score (nSPS) is 26.3. The lowest BCUT2D eigenvalue weighted by Crippen LogP contribution is -2.62. The van der Waals surface area contributed by atoms with Crippen molar-refractivity contribution in [3.63, 3.8) is 0 Å². The molecule has 0 N–H and O–H groups in total. The summed E-state index contributed by atoms with van der Waals surface area (Å²) in [4.78, 5) is 16.5. The molecular weight excluding hydrogens is 350 g/mol. The van der Waals surface area contributed by atoms with Crippen LogP contribution in [0.25, 0.3) is 0 Å². The van der Waals surface area contributed by atoms with Gasteiger partial charge >= 0.3 is 0 Å².